The van der Waals surface area contributed by atoms with Gasteiger partial charge in [0.2, 0.25) is 21.8 Å². The number of nitrogens with zero attached hydrogens (tertiary/aromatic N) is 1. The van der Waals surface area contributed by atoms with Crippen LogP contribution in [0.3, 0.4) is 0 Å². The van der Waals surface area contributed by atoms with Crippen LogP contribution in [0, 0.1) is 0 Å². The van der Waals surface area contributed by atoms with Crippen LogP contribution in [-0.4, -0.2) is 36.8 Å². The van der Waals surface area contributed by atoms with Crippen LogP contribution in [0.25, 0.3) is 0 Å². The van der Waals surface area contributed by atoms with Gasteiger partial charge in [0.05, 0.1) is 6.26 Å². The minimum absolute atomic E-state index is 0.0391. The molecule has 8 heteroatoms. The van der Waals surface area contributed by atoms with E-state index >= 15 is 0 Å². The highest BCUT2D eigenvalue weighted by Gasteiger charge is 2.41. The van der Waals surface area contributed by atoms with Crippen molar-refractivity contribution in [2.75, 3.05) is 11.6 Å². The fraction of sp³-hybridized carbons (Fsp3) is 0.263. The molecule has 2 aromatic rings. The summed E-state index contributed by atoms with van der Waals surface area (Å²) in [5.74, 6) is -0.433. The van der Waals surface area contributed by atoms with Crippen molar-refractivity contribution in [3.05, 3.63) is 60.2 Å². The van der Waals surface area contributed by atoms with E-state index in [1.165, 1.54) is 0 Å². The molecule has 142 valence electrons. The first-order chi connectivity index (χ1) is 12.8. The van der Waals surface area contributed by atoms with Crippen LogP contribution in [0.15, 0.2) is 54.6 Å². The molecule has 0 aliphatic carbocycles. The highest BCUT2D eigenvalue weighted by molar-refractivity contribution is 7.89. The maximum absolute atomic E-state index is 12.4. The van der Waals surface area contributed by atoms with Gasteiger partial charge in [-0.15, -0.1) is 0 Å². The molecule has 0 bridgehead atoms. The predicted octanol–water partition coefficient (Wildman–Crippen LogP) is 2.15. The SMILES string of the molecule is CS(=O)(=O)N1C(=O)CCC1C(=O)Nc1ccc(OCc2ccccc2)cc1. The zero-order valence-electron chi connectivity index (χ0n) is 14.8. The summed E-state index contributed by atoms with van der Waals surface area (Å²) < 4.78 is 29.9. The molecule has 1 saturated heterocycles. The Hall–Kier alpha value is -2.87. The molecule has 0 aromatic heterocycles. The van der Waals surface area contributed by atoms with E-state index in [0.29, 0.717) is 22.3 Å². The summed E-state index contributed by atoms with van der Waals surface area (Å²) in [6.45, 7) is 0.431. The fourth-order valence-electron chi connectivity index (χ4n) is 2.92. The number of amides is 2. The molecule has 1 aliphatic heterocycles. The van der Waals surface area contributed by atoms with Gasteiger partial charge >= 0.3 is 0 Å². The second-order valence-corrected chi connectivity index (χ2v) is 8.15. The maximum atomic E-state index is 12.4. The largest absolute Gasteiger partial charge is 0.489 e. The number of hydrogen-bond donors (Lipinski definition) is 1. The molecule has 1 fully saturated rings. The standard InChI is InChI=1S/C19H20N2O5S/c1-27(24,25)21-17(11-12-18(21)22)19(23)20-15-7-9-16(10-8-15)26-13-14-5-3-2-4-6-14/h2-10,17H,11-13H2,1H3,(H,20,23). The summed E-state index contributed by atoms with van der Waals surface area (Å²) in [7, 11) is -3.78. The summed E-state index contributed by atoms with van der Waals surface area (Å²) in [6.07, 6.45) is 1.14. The molecular weight excluding hydrogens is 368 g/mol. The van der Waals surface area contributed by atoms with Gasteiger partial charge in [-0.1, -0.05) is 30.3 Å². The highest BCUT2D eigenvalue weighted by Crippen LogP contribution is 2.24. The molecule has 0 radical (unpaired) electrons. The van der Waals surface area contributed by atoms with Crippen molar-refractivity contribution in [1.29, 1.82) is 0 Å². The smallest absolute Gasteiger partial charge is 0.248 e. The van der Waals surface area contributed by atoms with Gasteiger partial charge in [0, 0.05) is 12.1 Å². The van der Waals surface area contributed by atoms with Crippen molar-refractivity contribution < 1.29 is 22.7 Å². The molecule has 2 aromatic carbocycles. The van der Waals surface area contributed by atoms with E-state index in [9.17, 15) is 18.0 Å². The molecular formula is C19H20N2O5S. The molecule has 1 atom stereocenters. The van der Waals surface area contributed by atoms with Crippen LogP contribution in [0.1, 0.15) is 18.4 Å². The summed E-state index contributed by atoms with van der Waals surface area (Å²) in [5, 5.41) is 2.65. The van der Waals surface area contributed by atoms with E-state index in [2.05, 4.69) is 5.32 Å². The maximum Gasteiger partial charge on any atom is 0.248 e. The number of benzene rings is 2. The molecule has 27 heavy (non-hydrogen) atoms. The van der Waals surface area contributed by atoms with Gasteiger partial charge in [-0.25, -0.2) is 12.7 Å². The number of nitrogens with one attached hydrogen (secondary N) is 1. The number of sulfonamides is 1. The van der Waals surface area contributed by atoms with Crippen molar-refractivity contribution in [2.45, 2.75) is 25.5 Å². The Morgan fingerprint density at radius 1 is 1.15 bits per heavy atom. The van der Waals surface area contributed by atoms with Crippen LogP contribution < -0.4 is 10.1 Å². The molecule has 1 heterocycles. The van der Waals surface area contributed by atoms with Crippen molar-refractivity contribution in [3.8, 4) is 5.75 Å². The third-order valence-electron chi connectivity index (χ3n) is 4.19. The lowest BCUT2D eigenvalue weighted by Gasteiger charge is -2.21. The number of hydrogen-bond acceptors (Lipinski definition) is 5. The number of ether oxygens (including phenoxy) is 1. The van der Waals surface area contributed by atoms with Gasteiger partial charge in [0.1, 0.15) is 18.4 Å². The van der Waals surface area contributed by atoms with Gasteiger partial charge in [0.15, 0.2) is 0 Å². The van der Waals surface area contributed by atoms with E-state index in [4.69, 9.17) is 4.74 Å². The molecule has 1 N–H and O–H groups in total. The highest BCUT2D eigenvalue weighted by atomic mass is 32.2. The topological polar surface area (TPSA) is 92.8 Å². The first-order valence-corrected chi connectivity index (χ1v) is 10.3. The Balaban J connectivity index is 1.61. The minimum atomic E-state index is -3.78. The second-order valence-electron chi connectivity index (χ2n) is 6.29. The Morgan fingerprint density at radius 2 is 1.81 bits per heavy atom. The summed E-state index contributed by atoms with van der Waals surface area (Å²) in [4.78, 5) is 24.2. The minimum Gasteiger partial charge on any atom is -0.489 e. The van der Waals surface area contributed by atoms with Crippen molar-refractivity contribution >= 4 is 27.5 Å². The summed E-state index contributed by atoms with van der Waals surface area (Å²) >= 11 is 0. The molecule has 1 aliphatic rings. The van der Waals surface area contributed by atoms with E-state index in [-0.39, 0.29) is 12.8 Å². The van der Waals surface area contributed by atoms with E-state index < -0.39 is 27.9 Å². The van der Waals surface area contributed by atoms with E-state index in [0.717, 1.165) is 11.8 Å². The van der Waals surface area contributed by atoms with Gasteiger partial charge in [0.25, 0.3) is 0 Å². The number of carbonyl (C=O) groups is 2. The Bertz CT molecular complexity index is 926. The predicted molar refractivity (Wildman–Crippen MR) is 101 cm³/mol. The summed E-state index contributed by atoms with van der Waals surface area (Å²) in [5.41, 5.74) is 1.54. The zero-order chi connectivity index (χ0) is 19.4. The number of rotatable bonds is 6. The van der Waals surface area contributed by atoms with Crippen LogP contribution in [0.4, 0.5) is 5.69 Å². The van der Waals surface area contributed by atoms with Crippen molar-refractivity contribution in [2.24, 2.45) is 0 Å². The van der Waals surface area contributed by atoms with Crippen molar-refractivity contribution in [3.63, 3.8) is 0 Å². The summed E-state index contributed by atoms with van der Waals surface area (Å²) in [6, 6.07) is 15.5. The van der Waals surface area contributed by atoms with E-state index in [1.807, 2.05) is 30.3 Å². The normalized spacial score (nSPS) is 17.0. The number of carbonyl (C=O) groups excluding carboxylic acids is 2. The average molecular weight is 388 g/mol. The average Bonchev–Trinajstić information content (AvgIpc) is 3.04. The first-order valence-electron chi connectivity index (χ1n) is 8.44. The zero-order valence-corrected chi connectivity index (χ0v) is 15.6. The van der Waals surface area contributed by atoms with E-state index in [1.54, 1.807) is 24.3 Å². The van der Waals surface area contributed by atoms with Crippen molar-refractivity contribution in [1.82, 2.24) is 4.31 Å². The monoisotopic (exact) mass is 388 g/mol. The second kappa shape index (κ2) is 7.79. The lowest BCUT2D eigenvalue weighted by molar-refractivity contribution is -0.128. The van der Waals surface area contributed by atoms with Gasteiger partial charge in [-0.05, 0) is 36.2 Å². The Labute approximate surface area is 158 Å². The Kier molecular flexibility index (Phi) is 5.46. The number of anilines is 1. The molecule has 0 spiro atoms. The third-order valence-corrected chi connectivity index (χ3v) is 5.36. The van der Waals surface area contributed by atoms with Gasteiger partial charge in [-0.2, -0.15) is 0 Å². The first kappa shape index (κ1) is 18.9. The van der Waals surface area contributed by atoms with Gasteiger partial charge < -0.3 is 10.1 Å². The molecule has 7 nitrogen and oxygen atoms in total. The molecule has 2 amide bonds. The molecule has 0 saturated carbocycles. The molecule has 3 rings (SSSR count). The fourth-order valence-corrected chi connectivity index (χ4v) is 4.04. The molecule has 1 unspecified atom stereocenters. The lowest BCUT2D eigenvalue weighted by atomic mass is 10.2. The van der Waals surface area contributed by atoms with Crippen LogP contribution >= 0.6 is 0 Å². The quantitative estimate of drug-likeness (QED) is 0.819. The Morgan fingerprint density at radius 3 is 2.44 bits per heavy atom. The van der Waals surface area contributed by atoms with Crippen LogP contribution in [0.5, 0.6) is 5.75 Å². The van der Waals surface area contributed by atoms with Gasteiger partial charge in [-0.3, -0.25) is 9.59 Å². The van der Waals surface area contributed by atoms with Crippen LogP contribution in [-0.2, 0) is 26.2 Å². The van der Waals surface area contributed by atoms with Crippen LogP contribution in [0.2, 0.25) is 0 Å². The lowest BCUT2D eigenvalue weighted by Crippen LogP contribution is -2.44. The third kappa shape index (κ3) is 4.65.